The molecule has 1 rings (SSSR count). The van der Waals surface area contributed by atoms with Crippen molar-refractivity contribution in [2.75, 3.05) is 0 Å². The van der Waals surface area contributed by atoms with Gasteiger partial charge in [-0.05, 0) is 30.2 Å². The van der Waals surface area contributed by atoms with Gasteiger partial charge in [0.25, 0.3) is 0 Å². The van der Waals surface area contributed by atoms with E-state index < -0.39 is 36.4 Å². The van der Waals surface area contributed by atoms with Crippen molar-refractivity contribution in [3.05, 3.63) is 35.4 Å². The van der Waals surface area contributed by atoms with Crippen LogP contribution in [0.5, 0.6) is 0 Å². The van der Waals surface area contributed by atoms with E-state index in [9.17, 15) is 22.4 Å². The second-order valence-electron chi connectivity index (χ2n) is 3.25. The lowest BCUT2D eigenvalue weighted by molar-refractivity contribution is -0.165. The number of alkyl halides is 2. The molecule has 0 atom stereocenters. The van der Waals surface area contributed by atoms with Crippen LogP contribution in [0, 0.1) is 11.6 Å². The van der Waals surface area contributed by atoms with Gasteiger partial charge in [-0.25, -0.2) is 13.6 Å². The summed E-state index contributed by atoms with van der Waals surface area (Å²) in [6.07, 6.45) is -1.61. The third-order valence-electron chi connectivity index (χ3n) is 2.03. The number of carbonyl (C=O) groups is 1. The van der Waals surface area contributed by atoms with Gasteiger partial charge >= 0.3 is 11.9 Å². The van der Waals surface area contributed by atoms with Crippen molar-refractivity contribution < 1.29 is 27.5 Å². The molecule has 1 N–H and O–H groups in total. The van der Waals surface area contributed by atoms with E-state index in [-0.39, 0.29) is 5.56 Å². The van der Waals surface area contributed by atoms with Gasteiger partial charge in [0.1, 0.15) is 11.6 Å². The quantitative estimate of drug-likeness (QED) is 0.816. The predicted molar refractivity (Wildman–Crippen MR) is 47.3 cm³/mol. The van der Waals surface area contributed by atoms with Crippen LogP contribution in [0.4, 0.5) is 17.6 Å². The molecule has 0 aliphatic rings. The molecule has 88 valence electrons. The zero-order valence-electron chi connectivity index (χ0n) is 8.01. The maximum absolute atomic E-state index is 13.0. The van der Waals surface area contributed by atoms with E-state index >= 15 is 0 Å². The van der Waals surface area contributed by atoms with Gasteiger partial charge in [-0.3, -0.25) is 0 Å². The number of rotatable bonds is 4. The number of hydrogen-bond acceptors (Lipinski definition) is 1. The standard InChI is InChI=1S/C10H8F4O2/c11-7-1-2-8(12)6(5-7)3-4-10(13,14)9(15)16/h1-2,5H,3-4H2,(H,15,16). The van der Waals surface area contributed by atoms with E-state index in [4.69, 9.17) is 5.11 Å². The smallest absolute Gasteiger partial charge is 0.374 e. The summed E-state index contributed by atoms with van der Waals surface area (Å²) in [5, 5.41) is 8.13. The molecule has 0 radical (unpaired) electrons. The lowest BCUT2D eigenvalue weighted by Crippen LogP contribution is -2.28. The van der Waals surface area contributed by atoms with E-state index in [2.05, 4.69) is 0 Å². The Hall–Kier alpha value is -1.59. The van der Waals surface area contributed by atoms with Crippen molar-refractivity contribution >= 4 is 5.97 Å². The summed E-state index contributed by atoms with van der Waals surface area (Å²) < 4.78 is 50.9. The highest BCUT2D eigenvalue weighted by Gasteiger charge is 2.38. The van der Waals surface area contributed by atoms with Gasteiger partial charge in [0.05, 0.1) is 0 Å². The van der Waals surface area contributed by atoms with Gasteiger partial charge in [-0.2, -0.15) is 8.78 Å². The predicted octanol–water partition coefficient (Wildman–Crippen LogP) is 2.62. The van der Waals surface area contributed by atoms with E-state index in [0.717, 1.165) is 18.2 Å². The molecule has 0 aromatic heterocycles. The molecule has 2 nitrogen and oxygen atoms in total. The molecule has 0 bridgehead atoms. The van der Waals surface area contributed by atoms with Crippen LogP contribution in [0.3, 0.4) is 0 Å². The van der Waals surface area contributed by atoms with E-state index in [1.165, 1.54) is 0 Å². The number of carboxylic acid groups (broad SMARTS) is 1. The van der Waals surface area contributed by atoms with Crippen molar-refractivity contribution in [2.45, 2.75) is 18.8 Å². The molecule has 1 aromatic carbocycles. The fourth-order valence-corrected chi connectivity index (χ4v) is 1.13. The molecule has 0 amide bonds. The highest BCUT2D eigenvalue weighted by molar-refractivity contribution is 5.75. The number of aryl methyl sites for hydroxylation is 1. The third kappa shape index (κ3) is 2.95. The summed E-state index contributed by atoms with van der Waals surface area (Å²) in [6, 6.07) is 2.44. The maximum atomic E-state index is 13.0. The molecule has 0 aliphatic heterocycles. The second kappa shape index (κ2) is 4.51. The zero-order valence-corrected chi connectivity index (χ0v) is 8.01. The minimum absolute atomic E-state index is 0.263. The first-order valence-corrected chi connectivity index (χ1v) is 4.38. The summed E-state index contributed by atoms with van der Waals surface area (Å²) >= 11 is 0. The average molecular weight is 236 g/mol. The van der Waals surface area contributed by atoms with Crippen LogP contribution < -0.4 is 0 Å². The summed E-state index contributed by atoms with van der Waals surface area (Å²) in [7, 11) is 0. The Morgan fingerprint density at radius 3 is 2.50 bits per heavy atom. The fourth-order valence-electron chi connectivity index (χ4n) is 1.13. The molecule has 16 heavy (non-hydrogen) atoms. The molecule has 6 heteroatoms. The van der Waals surface area contributed by atoms with Crippen LogP contribution in [0.15, 0.2) is 18.2 Å². The van der Waals surface area contributed by atoms with Crippen LogP contribution in [0.25, 0.3) is 0 Å². The monoisotopic (exact) mass is 236 g/mol. The van der Waals surface area contributed by atoms with Gasteiger partial charge in [-0.1, -0.05) is 0 Å². The van der Waals surface area contributed by atoms with E-state index in [1.54, 1.807) is 0 Å². The van der Waals surface area contributed by atoms with E-state index in [1.807, 2.05) is 0 Å². The average Bonchev–Trinajstić information content (AvgIpc) is 2.19. The molecule has 0 saturated heterocycles. The van der Waals surface area contributed by atoms with Crippen LogP contribution >= 0.6 is 0 Å². The molecule has 0 heterocycles. The Morgan fingerprint density at radius 2 is 1.94 bits per heavy atom. The van der Waals surface area contributed by atoms with Crippen molar-refractivity contribution in [1.29, 1.82) is 0 Å². The highest BCUT2D eigenvalue weighted by Crippen LogP contribution is 2.22. The summed E-state index contributed by atoms with van der Waals surface area (Å²) in [5.74, 6) is -7.79. The van der Waals surface area contributed by atoms with Gasteiger partial charge in [0, 0.05) is 6.42 Å². The van der Waals surface area contributed by atoms with Crippen molar-refractivity contribution in [3.8, 4) is 0 Å². The zero-order chi connectivity index (χ0) is 12.3. The van der Waals surface area contributed by atoms with Gasteiger partial charge in [-0.15, -0.1) is 0 Å². The first-order chi connectivity index (χ1) is 7.33. The van der Waals surface area contributed by atoms with Gasteiger partial charge in [0.15, 0.2) is 0 Å². The molecule has 0 spiro atoms. The van der Waals surface area contributed by atoms with Crippen LogP contribution in [-0.4, -0.2) is 17.0 Å². The summed E-state index contributed by atoms with van der Waals surface area (Å²) in [5.41, 5.74) is -0.263. The van der Waals surface area contributed by atoms with Crippen LogP contribution in [0.2, 0.25) is 0 Å². The lowest BCUT2D eigenvalue weighted by Gasteiger charge is -2.10. The second-order valence-corrected chi connectivity index (χ2v) is 3.25. The number of benzene rings is 1. The normalized spacial score (nSPS) is 11.5. The minimum Gasteiger partial charge on any atom is -0.477 e. The molecule has 0 unspecified atom stereocenters. The molecule has 0 fully saturated rings. The van der Waals surface area contributed by atoms with E-state index in [0.29, 0.717) is 0 Å². The molecule has 0 aliphatic carbocycles. The fraction of sp³-hybridized carbons (Fsp3) is 0.300. The van der Waals surface area contributed by atoms with Gasteiger partial charge in [0.2, 0.25) is 0 Å². The molecular formula is C10H8F4O2. The Kier molecular flexibility index (Phi) is 3.51. The molecule has 0 saturated carbocycles. The number of carboxylic acids is 1. The highest BCUT2D eigenvalue weighted by atomic mass is 19.3. The number of halogens is 4. The maximum Gasteiger partial charge on any atom is 0.374 e. The Balaban J connectivity index is 2.75. The Morgan fingerprint density at radius 1 is 1.31 bits per heavy atom. The summed E-state index contributed by atoms with van der Waals surface area (Å²) in [4.78, 5) is 10.1. The van der Waals surface area contributed by atoms with Crippen molar-refractivity contribution in [3.63, 3.8) is 0 Å². The topological polar surface area (TPSA) is 37.3 Å². The van der Waals surface area contributed by atoms with Gasteiger partial charge < -0.3 is 5.11 Å². The number of aliphatic carboxylic acids is 1. The molecular weight excluding hydrogens is 228 g/mol. The SMILES string of the molecule is O=C(O)C(F)(F)CCc1cc(F)ccc1F. The largest absolute Gasteiger partial charge is 0.477 e. The first-order valence-electron chi connectivity index (χ1n) is 4.38. The minimum atomic E-state index is -3.93. The first kappa shape index (κ1) is 12.5. The number of hydrogen-bond donors (Lipinski definition) is 1. The lowest BCUT2D eigenvalue weighted by atomic mass is 10.1. The van der Waals surface area contributed by atoms with Crippen molar-refractivity contribution in [2.24, 2.45) is 0 Å². The third-order valence-corrected chi connectivity index (χ3v) is 2.03. The summed E-state index contributed by atoms with van der Waals surface area (Å²) in [6.45, 7) is 0. The Bertz CT molecular complexity index is 404. The van der Waals surface area contributed by atoms with Crippen LogP contribution in [-0.2, 0) is 11.2 Å². The Labute approximate surface area is 88.5 Å². The van der Waals surface area contributed by atoms with Crippen molar-refractivity contribution in [1.82, 2.24) is 0 Å². The molecule has 1 aromatic rings. The van der Waals surface area contributed by atoms with Crippen LogP contribution in [0.1, 0.15) is 12.0 Å².